The molecule has 5 aromatic heterocycles. The van der Waals surface area contributed by atoms with Crippen molar-refractivity contribution < 1.29 is 0 Å². The molecule has 0 aliphatic rings. The normalized spacial score (nSPS) is 11.4. The summed E-state index contributed by atoms with van der Waals surface area (Å²) in [6.45, 7) is 0. The Bertz CT molecular complexity index is 2560. The van der Waals surface area contributed by atoms with Crippen LogP contribution in [0.1, 0.15) is 0 Å². The Labute approximate surface area is 271 Å². The van der Waals surface area contributed by atoms with Crippen LogP contribution in [0, 0.1) is 0 Å². The van der Waals surface area contributed by atoms with E-state index in [1.807, 2.05) is 54.7 Å². The Morgan fingerprint density at radius 1 is 0.383 bits per heavy atom. The fourth-order valence-electron chi connectivity index (χ4n) is 6.60. The predicted molar refractivity (Wildman–Crippen MR) is 191 cm³/mol. The number of pyridine rings is 4. The van der Waals surface area contributed by atoms with E-state index >= 15 is 0 Å². The maximum Gasteiger partial charge on any atom is 0.0893 e. The average Bonchev–Trinajstić information content (AvgIpc) is 3.49. The van der Waals surface area contributed by atoms with Crippen molar-refractivity contribution in [3.63, 3.8) is 0 Å². The van der Waals surface area contributed by atoms with Crippen LogP contribution in [0.4, 0.5) is 0 Å². The van der Waals surface area contributed by atoms with E-state index in [0.717, 1.165) is 67.4 Å². The second-order valence-electron chi connectivity index (χ2n) is 11.5. The van der Waals surface area contributed by atoms with Gasteiger partial charge in [0.1, 0.15) is 0 Å². The van der Waals surface area contributed by atoms with Gasteiger partial charge < -0.3 is 4.57 Å². The molecule has 0 atom stereocenters. The lowest BCUT2D eigenvalue weighted by molar-refractivity contribution is 1.18. The van der Waals surface area contributed by atoms with Gasteiger partial charge in [0.25, 0.3) is 0 Å². The molecule has 0 fully saturated rings. The first-order chi connectivity index (χ1) is 23.3. The minimum Gasteiger partial charge on any atom is -0.309 e. The first-order valence-electron chi connectivity index (χ1n) is 15.6. The van der Waals surface area contributed by atoms with Crippen molar-refractivity contribution >= 4 is 32.6 Å². The molecule has 4 aromatic carbocycles. The summed E-state index contributed by atoms with van der Waals surface area (Å²) in [5.41, 5.74) is 10.7. The third kappa shape index (κ3) is 4.64. The molecule has 0 unspecified atom stereocenters. The van der Waals surface area contributed by atoms with Crippen LogP contribution in [0.25, 0.3) is 83.6 Å². The number of hydrogen-bond donors (Lipinski definition) is 0. The van der Waals surface area contributed by atoms with Crippen LogP contribution in [-0.2, 0) is 0 Å². The summed E-state index contributed by atoms with van der Waals surface area (Å²) >= 11 is 0. The molecular formula is C42H27N5. The van der Waals surface area contributed by atoms with Crippen LogP contribution in [0.15, 0.2) is 164 Å². The smallest absolute Gasteiger partial charge is 0.0893 e. The number of aromatic nitrogens is 5. The molecular weight excluding hydrogens is 574 g/mol. The number of hydrogen-bond acceptors (Lipinski definition) is 4. The number of fused-ring (bicyclic) bond motifs is 5. The zero-order valence-corrected chi connectivity index (χ0v) is 25.3. The first kappa shape index (κ1) is 26.9. The molecule has 0 radical (unpaired) electrons. The zero-order valence-electron chi connectivity index (χ0n) is 25.3. The highest BCUT2D eigenvalue weighted by atomic mass is 15.0. The molecule has 0 spiro atoms. The van der Waals surface area contributed by atoms with E-state index in [0.29, 0.717) is 0 Å². The number of nitrogens with zero attached hydrogens (tertiary/aromatic N) is 5. The van der Waals surface area contributed by atoms with E-state index < -0.39 is 0 Å². The van der Waals surface area contributed by atoms with Crippen LogP contribution in [0.3, 0.4) is 0 Å². The topological polar surface area (TPSA) is 56.5 Å². The van der Waals surface area contributed by atoms with E-state index in [4.69, 9.17) is 9.97 Å². The van der Waals surface area contributed by atoms with Crippen molar-refractivity contribution in [2.24, 2.45) is 0 Å². The Morgan fingerprint density at radius 3 is 1.68 bits per heavy atom. The summed E-state index contributed by atoms with van der Waals surface area (Å²) in [5, 5.41) is 4.75. The summed E-state index contributed by atoms with van der Waals surface area (Å²) < 4.78 is 2.37. The van der Waals surface area contributed by atoms with Gasteiger partial charge in [0, 0.05) is 40.0 Å². The fourth-order valence-corrected chi connectivity index (χ4v) is 6.60. The molecule has 0 amide bonds. The van der Waals surface area contributed by atoms with Crippen molar-refractivity contribution in [1.82, 2.24) is 24.5 Å². The molecule has 220 valence electrons. The molecule has 0 aliphatic carbocycles. The number of rotatable bonds is 5. The standard InChI is InChI=1S/C42H27N5/c1-2-12-29(13-3-1)47-40-26-28(34-18-10-20-38(45-34)36-16-6-8-24-43-36)22-23-32(40)42-31-15-5-4-14-30(31)33(27-41(42)47)35-19-11-21-39(46-35)37-17-7-9-25-44-37/h1-27H. The third-order valence-corrected chi connectivity index (χ3v) is 8.71. The van der Waals surface area contributed by atoms with Gasteiger partial charge in [-0.25, -0.2) is 9.97 Å². The number of benzene rings is 4. The van der Waals surface area contributed by atoms with Crippen molar-refractivity contribution in [2.45, 2.75) is 0 Å². The molecule has 0 saturated carbocycles. The largest absolute Gasteiger partial charge is 0.309 e. The summed E-state index contributed by atoms with van der Waals surface area (Å²) in [7, 11) is 0. The molecule has 5 heterocycles. The second kappa shape index (κ2) is 11.2. The van der Waals surface area contributed by atoms with Crippen LogP contribution < -0.4 is 0 Å². The molecule has 5 nitrogen and oxygen atoms in total. The maximum absolute atomic E-state index is 5.13. The van der Waals surface area contributed by atoms with Gasteiger partial charge in [0.05, 0.1) is 45.2 Å². The van der Waals surface area contributed by atoms with Gasteiger partial charge in [0.2, 0.25) is 0 Å². The summed E-state index contributed by atoms with van der Waals surface area (Å²) in [6.07, 6.45) is 3.61. The van der Waals surface area contributed by atoms with Crippen LogP contribution >= 0.6 is 0 Å². The van der Waals surface area contributed by atoms with Crippen LogP contribution in [-0.4, -0.2) is 24.5 Å². The molecule has 5 heteroatoms. The lowest BCUT2D eigenvalue weighted by Crippen LogP contribution is -1.95. The monoisotopic (exact) mass is 601 g/mol. The molecule has 0 aliphatic heterocycles. The molecule has 0 bridgehead atoms. The minimum absolute atomic E-state index is 0.848. The van der Waals surface area contributed by atoms with E-state index in [9.17, 15) is 0 Å². The first-order valence-corrected chi connectivity index (χ1v) is 15.6. The van der Waals surface area contributed by atoms with Gasteiger partial charge in [-0.2, -0.15) is 0 Å². The Balaban J connectivity index is 1.32. The summed E-state index contributed by atoms with van der Waals surface area (Å²) in [4.78, 5) is 19.2. The SMILES string of the molecule is c1ccc(-n2c3cc(-c4cccc(-c5ccccn5)n4)ccc3c3c4ccccc4c(-c4cccc(-c5ccccn5)n4)cc32)cc1. The van der Waals surface area contributed by atoms with Gasteiger partial charge in [-0.15, -0.1) is 0 Å². The highest BCUT2D eigenvalue weighted by Gasteiger charge is 2.19. The Morgan fingerprint density at radius 2 is 0.979 bits per heavy atom. The molecule has 0 N–H and O–H groups in total. The Hall–Kier alpha value is -6.46. The maximum atomic E-state index is 5.13. The Kier molecular flexibility index (Phi) is 6.39. The molecule has 9 rings (SSSR count). The van der Waals surface area contributed by atoms with Crippen LogP contribution in [0.5, 0.6) is 0 Å². The van der Waals surface area contributed by atoms with E-state index in [2.05, 4.69) is 118 Å². The van der Waals surface area contributed by atoms with Crippen molar-refractivity contribution in [3.8, 4) is 51.0 Å². The quantitative estimate of drug-likeness (QED) is 0.197. The zero-order chi connectivity index (χ0) is 31.2. The van der Waals surface area contributed by atoms with Gasteiger partial charge >= 0.3 is 0 Å². The minimum atomic E-state index is 0.848. The van der Waals surface area contributed by atoms with Crippen LogP contribution in [0.2, 0.25) is 0 Å². The summed E-state index contributed by atoms with van der Waals surface area (Å²) in [6, 6.07) is 52.4. The van der Waals surface area contributed by atoms with Gasteiger partial charge in [-0.3, -0.25) is 9.97 Å². The highest BCUT2D eigenvalue weighted by molar-refractivity contribution is 6.24. The predicted octanol–water partition coefficient (Wildman–Crippen LogP) is 10.2. The third-order valence-electron chi connectivity index (χ3n) is 8.71. The van der Waals surface area contributed by atoms with Crippen molar-refractivity contribution in [3.05, 3.63) is 164 Å². The van der Waals surface area contributed by atoms with E-state index in [1.165, 1.54) is 16.2 Å². The van der Waals surface area contributed by atoms with Crippen molar-refractivity contribution in [2.75, 3.05) is 0 Å². The van der Waals surface area contributed by atoms with Gasteiger partial charge in [-0.05, 0) is 83.6 Å². The highest BCUT2D eigenvalue weighted by Crippen LogP contribution is 2.42. The number of para-hydroxylation sites is 1. The summed E-state index contributed by atoms with van der Waals surface area (Å²) in [5.74, 6) is 0. The molecule has 47 heavy (non-hydrogen) atoms. The lowest BCUT2D eigenvalue weighted by atomic mass is 9.96. The fraction of sp³-hybridized carbons (Fsp3) is 0. The second-order valence-corrected chi connectivity index (χ2v) is 11.5. The van der Waals surface area contributed by atoms with Gasteiger partial charge in [0.15, 0.2) is 0 Å². The van der Waals surface area contributed by atoms with Crippen molar-refractivity contribution in [1.29, 1.82) is 0 Å². The molecule has 0 saturated heterocycles. The van der Waals surface area contributed by atoms with E-state index in [-0.39, 0.29) is 0 Å². The lowest BCUT2D eigenvalue weighted by Gasteiger charge is -2.12. The van der Waals surface area contributed by atoms with E-state index in [1.54, 1.807) is 6.20 Å². The molecule has 9 aromatic rings. The van der Waals surface area contributed by atoms with Gasteiger partial charge in [-0.1, -0.05) is 78.9 Å². The average molecular weight is 602 g/mol.